The lowest BCUT2D eigenvalue weighted by molar-refractivity contribution is -0.116. The van der Waals surface area contributed by atoms with Crippen LogP contribution >= 0.6 is 0 Å². The summed E-state index contributed by atoms with van der Waals surface area (Å²) in [6.45, 7) is 1.65. The van der Waals surface area contributed by atoms with Crippen molar-refractivity contribution in [3.63, 3.8) is 0 Å². The molecule has 4 atom stereocenters. The molecule has 0 spiro atoms. The first-order valence-corrected chi connectivity index (χ1v) is 8.71. The first-order valence-electron chi connectivity index (χ1n) is 8.71. The van der Waals surface area contributed by atoms with Crippen molar-refractivity contribution in [1.29, 1.82) is 0 Å². The summed E-state index contributed by atoms with van der Waals surface area (Å²) < 4.78 is 24.7. The van der Waals surface area contributed by atoms with Crippen molar-refractivity contribution in [2.45, 2.75) is 44.4 Å². The molecule has 1 heterocycles. The minimum atomic E-state index is -1.26. The van der Waals surface area contributed by atoms with Crippen LogP contribution in [0.4, 0.5) is 4.39 Å². The number of rotatable bonds is 6. The van der Waals surface area contributed by atoms with Crippen molar-refractivity contribution in [2.24, 2.45) is 0 Å². The highest BCUT2D eigenvalue weighted by atomic mass is 19.1. The van der Waals surface area contributed by atoms with Gasteiger partial charge in [-0.1, -0.05) is 31.5 Å². The molecule has 0 bridgehead atoms. The lowest BCUT2D eigenvalue weighted by Crippen LogP contribution is -2.35. The number of halogens is 1. The summed E-state index contributed by atoms with van der Waals surface area (Å²) >= 11 is 0. The summed E-state index contributed by atoms with van der Waals surface area (Å²) in [5.41, 5.74) is 2.64. The van der Waals surface area contributed by atoms with Crippen molar-refractivity contribution in [3.05, 3.63) is 53.8 Å². The maximum Gasteiger partial charge on any atom is 0.229 e. The Morgan fingerprint density at radius 2 is 1.92 bits per heavy atom. The summed E-state index contributed by atoms with van der Waals surface area (Å²) in [7, 11) is 0. The first-order chi connectivity index (χ1) is 12.5. The fraction of sp³-hybridized carbons (Fsp3) is 0.400. The van der Waals surface area contributed by atoms with Crippen LogP contribution in [0.1, 0.15) is 18.9 Å². The zero-order valence-corrected chi connectivity index (χ0v) is 14.5. The van der Waals surface area contributed by atoms with Crippen LogP contribution in [-0.2, 0) is 11.2 Å². The van der Waals surface area contributed by atoms with Gasteiger partial charge in [0.05, 0.1) is 6.61 Å². The monoisotopic (exact) mass is 362 g/mol. The number of benzene rings is 2. The quantitative estimate of drug-likeness (QED) is 0.735. The number of hydrogen-bond acceptors (Lipinski definition) is 5. The number of ether oxygens (including phenoxy) is 2. The minimum Gasteiger partial charge on any atom is -0.462 e. The summed E-state index contributed by atoms with van der Waals surface area (Å²) in [4.78, 5) is 0. The summed E-state index contributed by atoms with van der Waals surface area (Å²) in [5, 5.41) is 29.0. The zero-order chi connectivity index (χ0) is 18.7. The van der Waals surface area contributed by atoms with E-state index in [1.54, 1.807) is 18.2 Å². The molecule has 0 amide bonds. The average molecular weight is 362 g/mol. The molecule has 140 valence electrons. The van der Waals surface area contributed by atoms with Crippen molar-refractivity contribution in [3.8, 4) is 16.9 Å². The molecule has 1 fully saturated rings. The van der Waals surface area contributed by atoms with Gasteiger partial charge in [0.15, 0.2) is 0 Å². The number of hydrogen-bond donors (Lipinski definition) is 3. The molecule has 6 heteroatoms. The third kappa shape index (κ3) is 3.88. The van der Waals surface area contributed by atoms with Gasteiger partial charge in [0.25, 0.3) is 0 Å². The predicted molar refractivity (Wildman–Crippen MR) is 94.2 cm³/mol. The standard InChI is InChI=1S/C20H23FO5/c1-2-4-12-7-8-15(10-16(12)13-5-3-6-14(21)9-13)25-20-19(24)18(23)17(11-22)26-20/h3,5-10,17-20,22-24H,2,4,11H2,1H3/t17-,18-,19-,20?/m1/s1. The molecule has 2 aromatic carbocycles. The predicted octanol–water partition coefficient (Wildman–Crippen LogP) is 2.26. The smallest absolute Gasteiger partial charge is 0.229 e. The topological polar surface area (TPSA) is 79.2 Å². The molecule has 3 N–H and O–H groups in total. The molecule has 0 saturated carbocycles. The lowest BCUT2D eigenvalue weighted by Gasteiger charge is -2.18. The zero-order valence-electron chi connectivity index (χ0n) is 14.5. The van der Waals surface area contributed by atoms with Gasteiger partial charge in [0, 0.05) is 0 Å². The van der Waals surface area contributed by atoms with E-state index in [0.29, 0.717) is 5.75 Å². The van der Waals surface area contributed by atoms with Crippen molar-refractivity contribution in [1.82, 2.24) is 0 Å². The van der Waals surface area contributed by atoms with Crippen molar-refractivity contribution >= 4 is 0 Å². The van der Waals surface area contributed by atoms with Crippen LogP contribution in [0, 0.1) is 5.82 Å². The average Bonchev–Trinajstić information content (AvgIpc) is 2.91. The molecule has 3 rings (SSSR count). The summed E-state index contributed by atoms with van der Waals surface area (Å²) in [5.74, 6) is 0.110. The third-order valence-electron chi connectivity index (χ3n) is 4.49. The van der Waals surface area contributed by atoms with Crippen LogP contribution in [-0.4, -0.2) is 46.5 Å². The molecule has 1 aliphatic heterocycles. The van der Waals surface area contributed by atoms with E-state index in [9.17, 15) is 14.6 Å². The van der Waals surface area contributed by atoms with Gasteiger partial charge in [-0.15, -0.1) is 0 Å². The van der Waals surface area contributed by atoms with E-state index in [0.717, 1.165) is 29.5 Å². The fourth-order valence-corrected chi connectivity index (χ4v) is 3.14. The molecule has 1 unspecified atom stereocenters. The van der Waals surface area contributed by atoms with Crippen LogP contribution in [0.2, 0.25) is 0 Å². The molecule has 1 aliphatic rings. The van der Waals surface area contributed by atoms with Crippen LogP contribution in [0.5, 0.6) is 5.75 Å². The molecule has 0 radical (unpaired) electrons. The highest BCUT2D eigenvalue weighted by Crippen LogP contribution is 2.31. The summed E-state index contributed by atoms with van der Waals surface area (Å²) in [6.07, 6.45) is -2.68. The van der Waals surface area contributed by atoms with Gasteiger partial charge in [0.2, 0.25) is 6.29 Å². The molecule has 26 heavy (non-hydrogen) atoms. The van der Waals surface area contributed by atoms with Gasteiger partial charge >= 0.3 is 0 Å². The Labute approximate surface area is 151 Å². The Hall–Kier alpha value is -1.99. The molecule has 0 aromatic heterocycles. The first kappa shape index (κ1) is 18.8. The van der Waals surface area contributed by atoms with Crippen LogP contribution in [0.3, 0.4) is 0 Å². The Balaban J connectivity index is 1.88. The highest BCUT2D eigenvalue weighted by Gasteiger charge is 2.43. The van der Waals surface area contributed by atoms with E-state index in [2.05, 4.69) is 6.92 Å². The molecule has 1 saturated heterocycles. The van der Waals surface area contributed by atoms with E-state index in [4.69, 9.17) is 14.6 Å². The van der Waals surface area contributed by atoms with Gasteiger partial charge in [-0.3, -0.25) is 0 Å². The Morgan fingerprint density at radius 1 is 1.12 bits per heavy atom. The number of aliphatic hydroxyl groups is 3. The maximum atomic E-state index is 13.6. The Morgan fingerprint density at radius 3 is 2.58 bits per heavy atom. The SMILES string of the molecule is CCCc1ccc(OC2O[C@H](CO)[C@@H](O)[C@H]2O)cc1-c1cccc(F)c1. The Bertz CT molecular complexity index is 751. The number of aliphatic hydroxyl groups excluding tert-OH is 3. The highest BCUT2D eigenvalue weighted by molar-refractivity contribution is 5.69. The van der Waals surface area contributed by atoms with Gasteiger partial charge in [-0.25, -0.2) is 4.39 Å². The van der Waals surface area contributed by atoms with E-state index < -0.39 is 31.2 Å². The largest absolute Gasteiger partial charge is 0.462 e. The second-order valence-electron chi connectivity index (χ2n) is 6.40. The van der Waals surface area contributed by atoms with Gasteiger partial charge < -0.3 is 24.8 Å². The van der Waals surface area contributed by atoms with E-state index in [1.165, 1.54) is 12.1 Å². The van der Waals surface area contributed by atoms with E-state index in [1.807, 2.05) is 12.1 Å². The maximum absolute atomic E-state index is 13.6. The van der Waals surface area contributed by atoms with E-state index in [-0.39, 0.29) is 5.82 Å². The second kappa shape index (κ2) is 8.14. The molecular weight excluding hydrogens is 339 g/mol. The minimum absolute atomic E-state index is 0.320. The van der Waals surface area contributed by atoms with E-state index >= 15 is 0 Å². The molecular formula is C20H23FO5. The summed E-state index contributed by atoms with van der Waals surface area (Å²) in [6, 6.07) is 11.8. The molecule has 2 aromatic rings. The number of aryl methyl sites for hydroxylation is 1. The van der Waals surface area contributed by atoms with Crippen molar-refractivity contribution < 1.29 is 29.2 Å². The van der Waals surface area contributed by atoms with Crippen LogP contribution in [0.25, 0.3) is 11.1 Å². The van der Waals surface area contributed by atoms with Gasteiger partial charge in [-0.05, 0) is 47.4 Å². The van der Waals surface area contributed by atoms with Gasteiger partial charge in [0.1, 0.15) is 29.9 Å². The second-order valence-corrected chi connectivity index (χ2v) is 6.40. The normalized spacial score (nSPS) is 25.4. The van der Waals surface area contributed by atoms with Gasteiger partial charge in [-0.2, -0.15) is 0 Å². The van der Waals surface area contributed by atoms with Crippen molar-refractivity contribution in [2.75, 3.05) is 6.61 Å². The lowest BCUT2D eigenvalue weighted by atomic mass is 9.96. The molecule has 5 nitrogen and oxygen atoms in total. The molecule has 0 aliphatic carbocycles. The fourth-order valence-electron chi connectivity index (χ4n) is 3.14. The van der Waals surface area contributed by atoms with Crippen LogP contribution < -0.4 is 4.74 Å². The third-order valence-corrected chi connectivity index (χ3v) is 4.49. The van der Waals surface area contributed by atoms with Crippen LogP contribution in [0.15, 0.2) is 42.5 Å². The Kier molecular flexibility index (Phi) is 5.88.